The standard InChI is InChI=1S/C21H36O2/c1-8-23-21(6,7)12-9-10-16(2)11-13-22-20-14-17(3)19(5)18(4)15-20/h14-16H,8-13H2,1-7H3. The molecule has 0 aromatic heterocycles. The largest absolute Gasteiger partial charge is 0.494 e. The maximum atomic E-state index is 5.95. The van der Waals surface area contributed by atoms with Gasteiger partial charge in [0.05, 0.1) is 12.2 Å². The van der Waals surface area contributed by atoms with Crippen LogP contribution in [0.2, 0.25) is 0 Å². The summed E-state index contributed by atoms with van der Waals surface area (Å²) in [5.74, 6) is 1.70. The zero-order valence-corrected chi connectivity index (χ0v) is 16.3. The van der Waals surface area contributed by atoms with Gasteiger partial charge in [-0.05, 0) is 89.1 Å². The second kappa shape index (κ2) is 9.32. The van der Waals surface area contributed by atoms with Crippen LogP contribution < -0.4 is 4.74 Å². The molecule has 23 heavy (non-hydrogen) atoms. The van der Waals surface area contributed by atoms with Gasteiger partial charge in [-0.1, -0.05) is 19.8 Å². The van der Waals surface area contributed by atoms with Crippen molar-refractivity contribution in [2.75, 3.05) is 13.2 Å². The lowest BCUT2D eigenvalue weighted by Gasteiger charge is -2.25. The quantitative estimate of drug-likeness (QED) is 0.526. The summed E-state index contributed by atoms with van der Waals surface area (Å²) in [7, 11) is 0. The summed E-state index contributed by atoms with van der Waals surface area (Å²) in [4.78, 5) is 0. The molecule has 0 aliphatic carbocycles. The maximum Gasteiger partial charge on any atom is 0.119 e. The molecule has 0 heterocycles. The molecule has 2 nitrogen and oxygen atoms in total. The Hall–Kier alpha value is -1.02. The molecule has 132 valence electrons. The lowest BCUT2D eigenvalue weighted by Crippen LogP contribution is -2.24. The van der Waals surface area contributed by atoms with E-state index in [0.29, 0.717) is 5.92 Å². The molecule has 1 unspecified atom stereocenters. The number of hydrogen-bond acceptors (Lipinski definition) is 2. The Bertz CT molecular complexity index is 454. The van der Waals surface area contributed by atoms with Crippen molar-refractivity contribution in [1.29, 1.82) is 0 Å². The van der Waals surface area contributed by atoms with E-state index in [2.05, 4.69) is 60.6 Å². The summed E-state index contributed by atoms with van der Waals surface area (Å²) >= 11 is 0. The molecule has 0 fully saturated rings. The molecule has 0 saturated heterocycles. The molecule has 0 spiro atoms. The predicted octanol–water partition coefficient (Wildman–Crippen LogP) is 6.00. The summed E-state index contributed by atoms with van der Waals surface area (Å²) in [6, 6.07) is 4.30. The Morgan fingerprint density at radius 1 is 1.04 bits per heavy atom. The van der Waals surface area contributed by atoms with E-state index in [-0.39, 0.29) is 5.60 Å². The second-order valence-electron chi connectivity index (χ2n) is 7.51. The SMILES string of the molecule is CCOC(C)(C)CCCC(C)CCOc1cc(C)c(C)c(C)c1. The highest BCUT2D eigenvalue weighted by Crippen LogP contribution is 2.23. The van der Waals surface area contributed by atoms with E-state index >= 15 is 0 Å². The van der Waals surface area contributed by atoms with E-state index in [4.69, 9.17) is 9.47 Å². The molecule has 0 aliphatic rings. The lowest BCUT2D eigenvalue weighted by molar-refractivity contribution is -0.0183. The van der Waals surface area contributed by atoms with Crippen molar-refractivity contribution in [3.8, 4) is 5.75 Å². The first-order valence-electron chi connectivity index (χ1n) is 9.09. The Morgan fingerprint density at radius 2 is 1.65 bits per heavy atom. The molecule has 0 bridgehead atoms. The van der Waals surface area contributed by atoms with E-state index in [1.54, 1.807) is 0 Å². The highest BCUT2D eigenvalue weighted by Gasteiger charge is 2.17. The average Bonchev–Trinajstić information content (AvgIpc) is 2.44. The van der Waals surface area contributed by atoms with Crippen LogP contribution in [0.4, 0.5) is 0 Å². The summed E-state index contributed by atoms with van der Waals surface area (Å²) < 4.78 is 11.7. The predicted molar refractivity (Wildman–Crippen MR) is 99.5 cm³/mol. The van der Waals surface area contributed by atoms with E-state index < -0.39 is 0 Å². The number of rotatable bonds is 10. The minimum atomic E-state index is 0.0158. The van der Waals surface area contributed by atoms with Crippen LogP contribution in [0.5, 0.6) is 5.75 Å². The van der Waals surface area contributed by atoms with E-state index in [0.717, 1.165) is 31.8 Å². The number of aryl methyl sites for hydroxylation is 2. The van der Waals surface area contributed by atoms with Crippen LogP contribution in [0.15, 0.2) is 12.1 Å². The molecular weight excluding hydrogens is 284 g/mol. The van der Waals surface area contributed by atoms with Crippen molar-refractivity contribution in [2.24, 2.45) is 5.92 Å². The van der Waals surface area contributed by atoms with Crippen LogP contribution in [-0.2, 0) is 4.74 Å². The number of hydrogen-bond donors (Lipinski definition) is 0. The third-order valence-corrected chi connectivity index (χ3v) is 4.79. The Balaban J connectivity index is 2.28. The Kier molecular flexibility index (Phi) is 8.11. The summed E-state index contributed by atoms with van der Waals surface area (Å²) in [6.45, 7) is 16.8. The molecule has 1 aromatic carbocycles. The Labute approximate surface area is 143 Å². The van der Waals surface area contributed by atoms with Gasteiger partial charge in [-0.15, -0.1) is 0 Å². The fourth-order valence-corrected chi connectivity index (χ4v) is 2.94. The molecule has 1 atom stereocenters. The number of ether oxygens (including phenoxy) is 2. The second-order valence-corrected chi connectivity index (χ2v) is 7.51. The monoisotopic (exact) mass is 320 g/mol. The van der Waals surface area contributed by atoms with Crippen LogP contribution >= 0.6 is 0 Å². The smallest absolute Gasteiger partial charge is 0.119 e. The third kappa shape index (κ3) is 7.39. The van der Waals surface area contributed by atoms with Crippen molar-refractivity contribution in [3.63, 3.8) is 0 Å². The molecule has 0 saturated carbocycles. The first-order chi connectivity index (χ1) is 10.7. The molecule has 1 aromatic rings. The lowest BCUT2D eigenvalue weighted by atomic mass is 9.95. The van der Waals surface area contributed by atoms with Crippen molar-refractivity contribution < 1.29 is 9.47 Å². The normalized spacial score (nSPS) is 13.2. The first-order valence-corrected chi connectivity index (χ1v) is 9.09. The van der Waals surface area contributed by atoms with Gasteiger partial charge in [0.25, 0.3) is 0 Å². The zero-order valence-electron chi connectivity index (χ0n) is 16.3. The van der Waals surface area contributed by atoms with E-state index in [9.17, 15) is 0 Å². The van der Waals surface area contributed by atoms with Gasteiger partial charge in [0, 0.05) is 6.61 Å². The molecule has 0 amide bonds. The minimum absolute atomic E-state index is 0.0158. The summed E-state index contributed by atoms with van der Waals surface area (Å²) in [5.41, 5.74) is 4.00. The van der Waals surface area contributed by atoms with Gasteiger partial charge < -0.3 is 9.47 Å². The summed E-state index contributed by atoms with van der Waals surface area (Å²) in [6.07, 6.45) is 4.70. The average molecular weight is 321 g/mol. The maximum absolute atomic E-state index is 5.95. The highest BCUT2D eigenvalue weighted by molar-refractivity contribution is 5.40. The van der Waals surface area contributed by atoms with Crippen LogP contribution in [-0.4, -0.2) is 18.8 Å². The van der Waals surface area contributed by atoms with Gasteiger partial charge >= 0.3 is 0 Å². The van der Waals surface area contributed by atoms with Gasteiger partial charge in [0.1, 0.15) is 5.75 Å². The number of benzene rings is 1. The topological polar surface area (TPSA) is 18.5 Å². The Morgan fingerprint density at radius 3 is 2.22 bits per heavy atom. The summed E-state index contributed by atoms with van der Waals surface area (Å²) in [5, 5.41) is 0. The van der Waals surface area contributed by atoms with Crippen LogP contribution in [0.1, 0.15) is 70.1 Å². The van der Waals surface area contributed by atoms with E-state index in [1.807, 2.05) is 0 Å². The molecule has 0 radical (unpaired) electrons. The minimum Gasteiger partial charge on any atom is -0.494 e. The fraction of sp³-hybridized carbons (Fsp3) is 0.714. The zero-order chi connectivity index (χ0) is 17.5. The van der Waals surface area contributed by atoms with Crippen LogP contribution in [0.3, 0.4) is 0 Å². The molecular formula is C21H36O2. The molecule has 2 heteroatoms. The van der Waals surface area contributed by atoms with Crippen LogP contribution in [0.25, 0.3) is 0 Å². The first kappa shape index (κ1) is 20.0. The highest BCUT2D eigenvalue weighted by atomic mass is 16.5. The molecule has 1 rings (SSSR count). The molecule has 0 N–H and O–H groups in total. The van der Waals surface area contributed by atoms with Gasteiger partial charge in [0.15, 0.2) is 0 Å². The van der Waals surface area contributed by atoms with Crippen molar-refractivity contribution in [3.05, 3.63) is 28.8 Å². The van der Waals surface area contributed by atoms with Gasteiger partial charge in [-0.25, -0.2) is 0 Å². The van der Waals surface area contributed by atoms with Crippen LogP contribution in [0, 0.1) is 26.7 Å². The van der Waals surface area contributed by atoms with Gasteiger partial charge in [0.2, 0.25) is 0 Å². The third-order valence-electron chi connectivity index (χ3n) is 4.79. The van der Waals surface area contributed by atoms with Crippen molar-refractivity contribution >= 4 is 0 Å². The van der Waals surface area contributed by atoms with Gasteiger partial charge in [-0.3, -0.25) is 0 Å². The van der Waals surface area contributed by atoms with Crippen molar-refractivity contribution in [1.82, 2.24) is 0 Å². The van der Waals surface area contributed by atoms with E-state index in [1.165, 1.54) is 29.5 Å². The molecule has 0 aliphatic heterocycles. The van der Waals surface area contributed by atoms with Gasteiger partial charge in [-0.2, -0.15) is 0 Å². The van der Waals surface area contributed by atoms with Crippen molar-refractivity contribution in [2.45, 2.75) is 79.8 Å². The fourth-order valence-electron chi connectivity index (χ4n) is 2.94.